The zero-order valence-corrected chi connectivity index (χ0v) is 13.2. The summed E-state index contributed by atoms with van der Waals surface area (Å²) in [5.74, 6) is -0.386. The number of halogens is 1. The van der Waals surface area contributed by atoms with Crippen molar-refractivity contribution in [2.24, 2.45) is 0 Å². The molecule has 4 nitrogen and oxygen atoms in total. The van der Waals surface area contributed by atoms with E-state index in [-0.39, 0.29) is 12.6 Å². The van der Waals surface area contributed by atoms with Crippen LogP contribution in [0.3, 0.4) is 0 Å². The van der Waals surface area contributed by atoms with Gasteiger partial charge in [0.2, 0.25) is 0 Å². The van der Waals surface area contributed by atoms with Crippen LogP contribution >= 0.6 is 28.6 Å². The number of thiol groups is 1. The Kier molecular flexibility index (Phi) is 8.13. The van der Waals surface area contributed by atoms with Gasteiger partial charge in [-0.1, -0.05) is 0 Å². The van der Waals surface area contributed by atoms with Gasteiger partial charge in [-0.25, -0.2) is 4.79 Å². The first-order chi connectivity index (χ1) is 9.15. The van der Waals surface area contributed by atoms with E-state index in [0.29, 0.717) is 34.8 Å². The molecule has 0 heterocycles. The molecule has 0 amide bonds. The third-order valence-electron chi connectivity index (χ3n) is 2.27. The number of ether oxygens (including phenoxy) is 3. The van der Waals surface area contributed by atoms with Crippen molar-refractivity contribution in [2.75, 3.05) is 33.5 Å². The number of hydrogen-bond acceptors (Lipinski definition) is 5. The number of hydrogen-bond donors (Lipinski definition) is 1. The van der Waals surface area contributed by atoms with Crippen LogP contribution < -0.4 is 0 Å². The highest BCUT2D eigenvalue weighted by molar-refractivity contribution is 9.10. The van der Waals surface area contributed by atoms with E-state index in [1.165, 1.54) is 0 Å². The predicted molar refractivity (Wildman–Crippen MR) is 79.0 cm³/mol. The first kappa shape index (κ1) is 16.5. The summed E-state index contributed by atoms with van der Waals surface area (Å²) in [6.45, 7) is 1.88. The monoisotopic (exact) mass is 348 g/mol. The molecule has 0 atom stereocenters. The third kappa shape index (κ3) is 6.42. The molecule has 0 spiro atoms. The number of carbonyl (C=O) groups is 1. The summed E-state index contributed by atoms with van der Waals surface area (Å²) in [5.41, 5.74) is 0.465. The molecule has 1 aromatic rings. The Morgan fingerprint density at radius 2 is 2.05 bits per heavy atom. The Balaban J connectivity index is 2.26. The molecule has 6 heteroatoms. The van der Waals surface area contributed by atoms with E-state index < -0.39 is 0 Å². The molecule has 19 heavy (non-hydrogen) atoms. The lowest BCUT2D eigenvalue weighted by molar-refractivity contribution is 0.0287. The average molecular weight is 349 g/mol. The SMILES string of the molecule is COCCCOCCOC(=O)c1cc(S)ccc1Br. The second-order valence-corrected chi connectivity index (χ2v) is 5.13. The normalized spacial score (nSPS) is 10.5. The molecule has 0 unspecified atom stereocenters. The third-order valence-corrected chi connectivity index (χ3v) is 3.24. The summed E-state index contributed by atoms with van der Waals surface area (Å²) in [4.78, 5) is 12.5. The molecule has 0 saturated heterocycles. The molecule has 0 N–H and O–H groups in total. The number of carbonyl (C=O) groups excluding carboxylic acids is 1. The second-order valence-electron chi connectivity index (χ2n) is 3.76. The summed E-state index contributed by atoms with van der Waals surface area (Å²) < 4.78 is 16.0. The van der Waals surface area contributed by atoms with Crippen molar-refractivity contribution in [2.45, 2.75) is 11.3 Å². The minimum atomic E-state index is -0.386. The van der Waals surface area contributed by atoms with Crippen molar-refractivity contribution in [1.29, 1.82) is 0 Å². The molecular weight excluding hydrogens is 332 g/mol. The lowest BCUT2D eigenvalue weighted by Crippen LogP contribution is -2.12. The van der Waals surface area contributed by atoms with Gasteiger partial charge in [0.25, 0.3) is 0 Å². The summed E-state index contributed by atoms with van der Waals surface area (Å²) in [6.07, 6.45) is 0.831. The van der Waals surface area contributed by atoms with Crippen molar-refractivity contribution in [1.82, 2.24) is 0 Å². The van der Waals surface area contributed by atoms with Gasteiger partial charge in [0.1, 0.15) is 6.61 Å². The molecule has 0 aliphatic heterocycles. The maximum atomic E-state index is 11.8. The van der Waals surface area contributed by atoms with Crippen LogP contribution in [-0.2, 0) is 14.2 Å². The molecular formula is C13H17BrO4S. The van der Waals surface area contributed by atoms with Gasteiger partial charge in [-0.15, -0.1) is 12.6 Å². The van der Waals surface area contributed by atoms with E-state index in [1.807, 2.05) is 0 Å². The van der Waals surface area contributed by atoms with E-state index in [1.54, 1.807) is 25.3 Å². The topological polar surface area (TPSA) is 44.8 Å². The van der Waals surface area contributed by atoms with Gasteiger partial charge >= 0.3 is 5.97 Å². The summed E-state index contributed by atoms with van der Waals surface area (Å²) in [7, 11) is 1.65. The maximum Gasteiger partial charge on any atom is 0.339 e. The molecule has 1 aromatic carbocycles. The molecule has 0 aliphatic carbocycles. The molecule has 0 fully saturated rings. The number of methoxy groups -OCH3 is 1. The number of rotatable bonds is 8. The van der Waals surface area contributed by atoms with Crippen molar-refractivity contribution >= 4 is 34.5 Å². The van der Waals surface area contributed by atoms with E-state index in [0.717, 1.165) is 6.42 Å². The van der Waals surface area contributed by atoms with Crippen molar-refractivity contribution < 1.29 is 19.0 Å². The van der Waals surface area contributed by atoms with Crippen LogP contribution in [0.15, 0.2) is 27.6 Å². The fourth-order valence-corrected chi connectivity index (χ4v) is 1.96. The van der Waals surface area contributed by atoms with E-state index >= 15 is 0 Å². The van der Waals surface area contributed by atoms with Gasteiger partial charge in [-0.2, -0.15) is 0 Å². The molecule has 1 rings (SSSR count). The van der Waals surface area contributed by atoms with E-state index in [9.17, 15) is 4.79 Å². The van der Waals surface area contributed by atoms with Crippen molar-refractivity contribution in [3.63, 3.8) is 0 Å². The predicted octanol–water partition coefficient (Wildman–Crippen LogP) is 2.95. The van der Waals surface area contributed by atoms with Crippen LogP contribution in [0.1, 0.15) is 16.8 Å². The Labute approximate surface area is 127 Å². The van der Waals surface area contributed by atoms with Gasteiger partial charge in [0, 0.05) is 29.7 Å². The molecule has 0 aliphatic rings. The fourth-order valence-electron chi connectivity index (χ4n) is 1.35. The lowest BCUT2D eigenvalue weighted by Gasteiger charge is -2.07. The Morgan fingerprint density at radius 1 is 1.26 bits per heavy atom. The minimum absolute atomic E-state index is 0.231. The Bertz CT molecular complexity index is 412. The molecule has 0 aromatic heterocycles. The van der Waals surface area contributed by atoms with Crippen LogP contribution in [0.25, 0.3) is 0 Å². The van der Waals surface area contributed by atoms with Crippen LogP contribution in [0.5, 0.6) is 0 Å². The van der Waals surface area contributed by atoms with Gasteiger partial charge in [-0.3, -0.25) is 0 Å². The smallest absolute Gasteiger partial charge is 0.339 e. The fraction of sp³-hybridized carbons (Fsp3) is 0.462. The highest BCUT2D eigenvalue weighted by Gasteiger charge is 2.11. The zero-order chi connectivity index (χ0) is 14.1. The minimum Gasteiger partial charge on any atom is -0.460 e. The Hall–Kier alpha value is -0.560. The second kappa shape index (κ2) is 9.36. The largest absolute Gasteiger partial charge is 0.460 e. The van der Waals surface area contributed by atoms with Gasteiger partial charge < -0.3 is 14.2 Å². The van der Waals surface area contributed by atoms with Crippen LogP contribution in [0.4, 0.5) is 0 Å². The summed E-state index contributed by atoms with van der Waals surface area (Å²) in [6, 6.07) is 5.22. The van der Waals surface area contributed by atoms with E-state index in [4.69, 9.17) is 14.2 Å². The average Bonchev–Trinajstić information content (AvgIpc) is 2.40. The van der Waals surface area contributed by atoms with E-state index in [2.05, 4.69) is 28.6 Å². The molecule has 106 valence electrons. The quantitative estimate of drug-likeness (QED) is 0.445. The molecule has 0 radical (unpaired) electrons. The first-order valence-corrected chi connectivity index (χ1v) is 7.11. The van der Waals surface area contributed by atoms with Crippen LogP contribution in [-0.4, -0.2) is 39.5 Å². The van der Waals surface area contributed by atoms with Crippen LogP contribution in [0, 0.1) is 0 Å². The molecule has 0 saturated carbocycles. The van der Waals surface area contributed by atoms with Crippen molar-refractivity contribution in [3.05, 3.63) is 28.2 Å². The summed E-state index contributed by atoms with van der Waals surface area (Å²) in [5, 5.41) is 0. The molecule has 0 bridgehead atoms. The Morgan fingerprint density at radius 3 is 2.79 bits per heavy atom. The number of esters is 1. The highest BCUT2D eigenvalue weighted by Crippen LogP contribution is 2.20. The van der Waals surface area contributed by atoms with Gasteiger partial charge in [-0.05, 0) is 40.5 Å². The highest BCUT2D eigenvalue weighted by atomic mass is 79.9. The van der Waals surface area contributed by atoms with Crippen LogP contribution in [0.2, 0.25) is 0 Å². The first-order valence-electron chi connectivity index (χ1n) is 5.87. The van der Waals surface area contributed by atoms with Gasteiger partial charge in [0.05, 0.1) is 12.2 Å². The van der Waals surface area contributed by atoms with Crippen molar-refractivity contribution in [3.8, 4) is 0 Å². The zero-order valence-electron chi connectivity index (χ0n) is 10.7. The summed E-state index contributed by atoms with van der Waals surface area (Å²) >= 11 is 7.49. The maximum absolute atomic E-state index is 11.8. The standard InChI is InChI=1S/C13H17BrO4S/c1-16-5-2-6-17-7-8-18-13(15)11-9-10(19)3-4-12(11)14/h3-4,9,19H,2,5-8H2,1H3. The number of benzene rings is 1. The lowest BCUT2D eigenvalue weighted by atomic mass is 10.2. The van der Waals surface area contributed by atoms with Gasteiger partial charge in [0.15, 0.2) is 0 Å².